The molecule has 7 nitrogen and oxygen atoms in total. The first-order chi connectivity index (χ1) is 14.3. The van der Waals surface area contributed by atoms with Crippen LogP contribution in [0.2, 0.25) is 0 Å². The van der Waals surface area contributed by atoms with Crippen molar-refractivity contribution in [2.24, 2.45) is 0 Å². The molecule has 2 aromatic carbocycles. The number of nitrogens with one attached hydrogen (secondary N) is 1. The van der Waals surface area contributed by atoms with E-state index in [1.54, 1.807) is 24.3 Å². The minimum atomic E-state index is -3.46. The van der Waals surface area contributed by atoms with E-state index >= 15 is 0 Å². The lowest BCUT2D eigenvalue weighted by molar-refractivity contribution is 0.384. The van der Waals surface area contributed by atoms with Crippen molar-refractivity contribution in [2.45, 2.75) is 45.1 Å². The van der Waals surface area contributed by atoms with Crippen molar-refractivity contribution in [3.63, 3.8) is 0 Å². The number of aromatic nitrogens is 2. The van der Waals surface area contributed by atoms with Gasteiger partial charge in [-0.15, -0.1) is 0 Å². The summed E-state index contributed by atoms with van der Waals surface area (Å²) in [5.74, 6) is 1.47. The number of benzene rings is 2. The van der Waals surface area contributed by atoms with Crippen molar-refractivity contribution < 1.29 is 12.9 Å². The van der Waals surface area contributed by atoms with E-state index in [2.05, 4.69) is 41.4 Å². The standard InChI is InChI=1S/C22H28N4O3S/c1-5-26(6-2)30(27,28)20-13-11-19(12-14-20)23-15-21-24-22(25-29-21)18-9-7-17(8-10-18)16(3)4/h7-14,16,23H,5-6,15H2,1-4H3. The zero-order valence-electron chi connectivity index (χ0n) is 17.8. The molecule has 0 aliphatic rings. The quantitative estimate of drug-likeness (QED) is 0.540. The van der Waals surface area contributed by atoms with E-state index in [0.717, 1.165) is 11.3 Å². The van der Waals surface area contributed by atoms with Crippen LogP contribution in [0.15, 0.2) is 57.9 Å². The summed E-state index contributed by atoms with van der Waals surface area (Å²) in [7, 11) is -3.46. The summed E-state index contributed by atoms with van der Waals surface area (Å²) in [6.07, 6.45) is 0. The number of hydrogen-bond donors (Lipinski definition) is 1. The van der Waals surface area contributed by atoms with E-state index in [-0.39, 0.29) is 4.90 Å². The van der Waals surface area contributed by atoms with Gasteiger partial charge in [0.1, 0.15) is 0 Å². The molecule has 1 heterocycles. The maximum Gasteiger partial charge on any atom is 0.246 e. The molecule has 0 amide bonds. The molecule has 0 aliphatic carbocycles. The fourth-order valence-corrected chi connectivity index (χ4v) is 4.55. The first kappa shape index (κ1) is 22.0. The first-order valence-corrected chi connectivity index (χ1v) is 11.6. The van der Waals surface area contributed by atoms with Gasteiger partial charge in [-0.2, -0.15) is 9.29 Å². The molecule has 0 aliphatic heterocycles. The van der Waals surface area contributed by atoms with E-state index < -0.39 is 10.0 Å². The Bertz CT molecular complexity index is 1050. The Morgan fingerprint density at radius 2 is 1.63 bits per heavy atom. The Balaban J connectivity index is 1.64. The SMILES string of the molecule is CCN(CC)S(=O)(=O)c1ccc(NCc2nc(-c3ccc(C(C)C)cc3)no2)cc1. The number of nitrogens with zero attached hydrogens (tertiary/aromatic N) is 3. The molecule has 3 aromatic rings. The number of rotatable bonds is 9. The molecule has 0 unspecified atom stereocenters. The van der Waals surface area contributed by atoms with Crippen LogP contribution in [0.3, 0.4) is 0 Å². The van der Waals surface area contributed by atoms with Crippen LogP contribution in [0.5, 0.6) is 0 Å². The molecule has 0 fully saturated rings. The summed E-state index contributed by atoms with van der Waals surface area (Å²) in [5.41, 5.74) is 2.94. The van der Waals surface area contributed by atoms with E-state index in [1.807, 2.05) is 26.0 Å². The molecular weight excluding hydrogens is 400 g/mol. The molecule has 1 aromatic heterocycles. The summed E-state index contributed by atoms with van der Waals surface area (Å²) in [4.78, 5) is 4.71. The third-order valence-corrected chi connectivity index (χ3v) is 7.01. The highest BCUT2D eigenvalue weighted by molar-refractivity contribution is 7.89. The van der Waals surface area contributed by atoms with Gasteiger partial charge in [0.2, 0.25) is 21.7 Å². The second-order valence-corrected chi connectivity index (χ2v) is 9.19. The van der Waals surface area contributed by atoms with Gasteiger partial charge in [-0.3, -0.25) is 0 Å². The van der Waals surface area contributed by atoms with Gasteiger partial charge in [0, 0.05) is 24.3 Å². The summed E-state index contributed by atoms with van der Waals surface area (Å²) < 4.78 is 31.9. The Labute approximate surface area is 178 Å². The summed E-state index contributed by atoms with van der Waals surface area (Å²) >= 11 is 0. The third-order valence-electron chi connectivity index (χ3n) is 4.94. The van der Waals surface area contributed by atoms with Gasteiger partial charge in [0.05, 0.1) is 11.4 Å². The maximum atomic E-state index is 12.6. The molecule has 8 heteroatoms. The van der Waals surface area contributed by atoms with E-state index in [9.17, 15) is 8.42 Å². The first-order valence-electron chi connectivity index (χ1n) is 10.1. The lowest BCUT2D eigenvalue weighted by Gasteiger charge is -2.18. The van der Waals surface area contributed by atoms with Crippen LogP contribution in [-0.4, -0.2) is 36.0 Å². The van der Waals surface area contributed by atoms with Crippen LogP contribution in [0, 0.1) is 0 Å². The summed E-state index contributed by atoms with van der Waals surface area (Å²) in [5, 5.41) is 7.23. The molecule has 160 valence electrons. The lowest BCUT2D eigenvalue weighted by Crippen LogP contribution is -2.30. The van der Waals surface area contributed by atoms with Gasteiger partial charge in [0.25, 0.3) is 0 Å². The second-order valence-electron chi connectivity index (χ2n) is 7.26. The van der Waals surface area contributed by atoms with Crippen LogP contribution in [0.4, 0.5) is 5.69 Å². The van der Waals surface area contributed by atoms with Crippen LogP contribution in [0.25, 0.3) is 11.4 Å². The third kappa shape index (κ3) is 4.88. The monoisotopic (exact) mass is 428 g/mol. The molecule has 0 spiro atoms. The fourth-order valence-electron chi connectivity index (χ4n) is 3.10. The van der Waals surface area contributed by atoms with Crippen molar-refractivity contribution in [3.05, 3.63) is 60.0 Å². The largest absolute Gasteiger partial charge is 0.376 e. The van der Waals surface area contributed by atoms with E-state index in [4.69, 9.17) is 4.52 Å². The number of sulfonamides is 1. The van der Waals surface area contributed by atoms with Crippen molar-refractivity contribution in [3.8, 4) is 11.4 Å². The van der Waals surface area contributed by atoms with Gasteiger partial charge in [-0.1, -0.05) is 57.1 Å². The molecule has 1 N–H and O–H groups in total. The van der Waals surface area contributed by atoms with Crippen LogP contribution < -0.4 is 5.32 Å². The van der Waals surface area contributed by atoms with Gasteiger partial charge in [-0.25, -0.2) is 8.42 Å². The maximum absolute atomic E-state index is 12.6. The van der Waals surface area contributed by atoms with Crippen LogP contribution >= 0.6 is 0 Å². The zero-order chi connectivity index (χ0) is 21.7. The van der Waals surface area contributed by atoms with Crippen LogP contribution in [0.1, 0.15) is 45.1 Å². The molecule has 0 bridgehead atoms. The van der Waals surface area contributed by atoms with Gasteiger partial charge in [-0.05, 0) is 35.7 Å². The van der Waals surface area contributed by atoms with Crippen molar-refractivity contribution in [2.75, 3.05) is 18.4 Å². The minimum absolute atomic E-state index is 0.279. The highest BCUT2D eigenvalue weighted by Gasteiger charge is 2.21. The summed E-state index contributed by atoms with van der Waals surface area (Å²) in [6.45, 7) is 9.19. The Morgan fingerprint density at radius 3 is 2.20 bits per heavy atom. The number of hydrogen-bond acceptors (Lipinski definition) is 6. The highest BCUT2D eigenvalue weighted by atomic mass is 32.2. The average molecular weight is 429 g/mol. The molecule has 0 radical (unpaired) electrons. The predicted octanol–water partition coefficient (Wildman–Crippen LogP) is 4.50. The van der Waals surface area contributed by atoms with Gasteiger partial charge >= 0.3 is 0 Å². The molecule has 0 atom stereocenters. The molecule has 30 heavy (non-hydrogen) atoms. The summed E-state index contributed by atoms with van der Waals surface area (Å²) in [6, 6.07) is 14.8. The van der Waals surface area contributed by atoms with Crippen molar-refractivity contribution in [1.29, 1.82) is 0 Å². The van der Waals surface area contributed by atoms with E-state index in [0.29, 0.717) is 37.3 Å². The lowest BCUT2D eigenvalue weighted by atomic mass is 10.0. The second kappa shape index (κ2) is 9.40. The fraction of sp³-hybridized carbons (Fsp3) is 0.364. The smallest absolute Gasteiger partial charge is 0.246 e. The van der Waals surface area contributed by atoms with Crippen molar-refractivity contribution in [1.82, 2.24) is 14.4 Å². The van der Waals surface area contributed by atoms with Gasteiger partial charge in [0.15, 0.2) is 0 Å². The van der Waals surface area contributed by atoms with E-state index in [1.165, 1.54) is 9.87 Å². The Kier molecular flexibility index (Phi) is 6.89. The van der Waals surface area contributed by atoms with Crippen molar-refractivity contribution >= 4 is 15.7 Å². The molecule has 3 rings (SSSR count). The normalized spacial score (nSPS) is 11.9. The molecule has 0 saturated heterocycles. The predicted molar refractivity (Wildman–Crippen MR) is 118 cm³/mol. The van der Waals surface area contributed by atoms with Gasteiger partial charge < -0.3 is 9.84 Å². The highest BCUT2D eigenvalue weighted by Crippen LogP contribution is 2.21. The topological polar surface area (TPSA) is 88.3 Å². The molecule has 0 saturated carbocycles. The zero-order valence-corrected chi connectivity index (χ0v) is 18.6. The molecular formula is C22H28N4O3S. The Hall–Kier alpha value is -2.71. The Morgan fingerprint density at radius 1 is 1.00 bits per heavy atom. The minimum Gasteiger partial charge on any atom is -0.376 e. The number of anilines is 1. The van der Waals surface area contributed by atoms with Crippen LogP contribution in [-0.2, 0) is 16.6 Å². The average Bonchev–Trinajstić information content (AvgIpc) is 3.22.